The molecule has 1 saturated carbocycles. The molecule has 2 N–H and O–H groups in total. The van der Waals surface area contributed by atoms with Gasteiger partial charge in [-0.2, -0.15) is 0 Å². The lowest BCUT2D eigenvalue weighted by molar-refractivity contribution is 0.0830. The fourth-order valence-corrected chi connectivity index (χ4v) is 4.94. The number of ether oxygens (including phenoxy) is 2. The van der Waals surface area contributed by atoms with E-state index in [0.717, 1.165) is 24.6 Å². The first-order valence-electron chi connectivity index (χ1n) is 11.2. The van der Waals surface area contributed by atoms with E-state index in [2.05, 4.69) is 15.6 Å². The van der Waals surface area contributed by atoms with Crippen LogP contribution in [0, 0.1) is 0 Å². The molecule has 0 spiro atoms. The Morgan fingerprint density at radius 2 is 2.06 bits per heavy atom. The highest BCUT2D eigenvalue weighted by Gasteiger charge is 2.31. The van der Waals surface area contributed by atoms with E-state index in [9.17, 15) is 14.4 Å². The van der Waals surface area contributed by atoms with Gasteiger partial charge in [0, 0.05) is 48.1 Å². The molecule has 2 aromatic rings. The highest BCUT2D eigenvalue weighted by Crippen LogP contribution is 2.35. The number of benzene rings is 1. The van der Waals surface area contributed by atoms with E-state index in [1.54, 1.807) is 30.5 Å². The lowest BCUT2D eigenvalue weighted by Crippen LogP contribution is -2.36. The maximum Gasteiger partial charge on any atom is 0.319 e. The lowest BCUT2D eigenvalue weighted by Gasteiger charge is -2.20. The zero-order chi connectivity index (χ0) is 24.5. The van der Waals surface area contributed by atoms with Crippen LogP contribution in [0.2, 0.25) is 0 Å². The van der Waals surface area contributed by atoms with Crippen molar-refractivity contribution in [1.29, 1.82) is 0 Å². The van der Waals surface area contributed by atoms with E-state index in [1.165, 1.54) is 12.0 Å². The van der Waals surface area contributed by atoms with E-state index in [4.69, 9.17) is 21.1 Å². The van der Waals surface area contributed by atoms with Gasteiger partial charge in [-0.3, -0.25) is 19.5 Å². The van der Waals surface area contributed by atoms with Crippen molar-refractivity contribution in [2.24, 2.45) is 0 Å². The van der Waals surface area contributed by atoms with Gasteiger partial charge in [-0.1, -0.05) is 23.4 Å². The molecule has 2 fully saturated rings. The fraction of sp³-hybridized carbons (Fsp3) is 0.333. The molecule has 9 nitrogen and oxygen atoms in total. The number of carbonyl (C=O) groups excluding carboxylic acids is 3. The van der Waals surface area contributed by atoms with Crippen molar-refractivity contribution in [2.45, 2.75) is 31.7 Å². The van der Waals surface area contributed by atoms with Crippen LogP contribution in [0.15, 0.2) is 47.0 Å². The van der Waals surface area contributed by atoms with E-state index < -0.39 is 5.91 Å². The highest BCUT2D eigenvalue weighted by molar-refractivity contribution is 8.13. The molecule has 0 radical (unpaired) electrons. The van der Waals surface area contributed by atoms with Gasteiger partial charge in [0.1, 0.15) is 17.3 Å². The monoisotopic (exact) mass is 514 g/mol. The van der Waals surface area contributed by atoms with Gasteiger partial charge in [-0.15, -0.1) is 0 Å². The van der Waals surface area contributed by atoms with Crippen molar-refractivity contribution in [3.63, 3.8) is 0 Å². The molecular weight excluding hydrogens is 492 g/mol. The Bertz CT molecular complexity index is 1290. The number of carbonyl (C=O) groups is 3. The largest absolute Gasteiger partial charge is 0.496 e. The summed E-state index contributed by atoms with van der Waals surface area (Å²) in [5.74, 6) is 1.59. The number of urea groups is 1. The minimum atomic E-state index is -0.420. The predicted octanol–water partition coefficient (Wildman–Crippen LogP) is 4.52. The Morgan fingerprint density at radius 3 is 2.74 bits per heavy atom. The number of pyridine rings is 1. The topological polar surface area (TPSA) is 110 Å². The summed E-state index contributed by atoms with van der Waals surface area (Å²) in [7, 11) is 1.47. The van der Waals surface area contributed by atoms with Gasteiger partial charge in [-0.05, 0) is 37.5 Å². The normalized spacial score (nSPS) is 17.9. The third-order valence-electron chi connectivity index (χ3n) is 5.87. The van der Waals surface area contributed by atoms with Crippen molar-refractivity contribution in [1.82, 2.24) is 20.5 Å². The number of hydrogen-bond donors (Lipinski definition) is 2. The van der Waals surface area contributed by atoms with Gasteiger partial charge in [0.2, 0.25) is 0 Å². The van der Waals surface area contributed by atoms with Crippen LogP contribution >= 0.6 is 23.4 Å². The van der Waals surface area contributed by atoms with Gasteiger partial charge < -0.3 is 20.1 Å². The SMILES string of the molecule is COc1cc2nccc(OC3=CC(Cl)=C(NC(=O)NC4CC4)CC3)c2cc1C(=O)N1CCSC1=O. The molecule has 4 amide bonds. The van der Waals surface area contributed by atoms with Gasteiger partial charge in [0.15, 0.2) is 0 Å². The summed E-state index contributed by atoms with van der Waals surface area (Å²) >= 11 is 7.53. The standard InChI is InChI=1S/C24H23ClN4O5S/c1-33-21-12-19-15(11-16(21)22(30)29-8-9-35-24(29)32)20(6-7-26-19)34-14-4-5-18(17(25)10-14)28-23(31)27-13-2-3-13/h6-7,10-13H,2-5,8-9H2,1H3,(H2,27,28,31). The second kappa shape index (κ2) is 9.79. The molecule has 0 unspecified atom stereocenters. The van der Waals surface area contributed by atoms with Gasteiger partial charge in [0.25, 0.3) is 11.1 Å². The number of imide groups is 1. The molecule has 11 heteroatoms. The third kappa shape index (κ3) is 5.08. The average molecular weight is 515 g/mol. The van der Waals surface area contributed by atoms with E-state index >= 15 is 0 Å². The summed E-state index contributed by atoms with van der Waals surface area (Å²) in [4.78, 5) is 42.8. The van der Waals surface area contributed by atoms with Gasteiger partial charge in [-0.25, -0.2) is 4.79 Å². The number of hydrogen-bond acceptors (Lipinski definition) is 7. The molecule has 3 aliphatic rings. The number of rotatable bonds is 6. The molecule has 1 saturated heterocycles. The summed E-state index contributed by atoms with van der Waals surface area (Å²) in [6, 6.07) is 5.01. The van der Waals surface area contributed by atoms with Crippen molar-refractivity contribution in [3.05, 3.63) is 52.5 Å². The summed E-state index contributed by atoms with van der Waals surface area (Å²) in [6.07, 6.45) is 6.34. The van der Waals surface area contributed by atoms with E-state index in [1.807, 2.05) is 0 Å². The number of nitrogens with one attached hydrogen (secondary N) is 2. The number of methoxy groups -OCH3 is 1. The van der Waals surface area contributed by atoms with Crippen molar-refractivity contribution >= 4 is 51.4 Å². The first-order valence-corrected chi connectivity index (χ1v) is 12.6. The number of allylic oxidation sites excluding steroid dienone is 4. The molecule has 0 atom stereocenters. The highest BCUT2D eigenvalue weighted by atomic mass is 35.5. The smallest absolute Gasteiger partial charge is 0.319 e. The van der Waals surface area contributed by atoms with Crippen LogP contribution in [0.4, 0.5) is 9.59 Å². The average Bonchev–Trinajstić information content (AvgIpc) is 3.56. The Kier molecular flexibility index (Phi) is 6.57. The zero-order valence-electron chi connectivity index (χ0n) is 18.9. The third-order valence-corrected chi connectivity index (χ3v) is 7.07. The minimum absolute atomic E-state index is 0.250. The Labute approximate surface area is 210 Å². The number of nitrogens with zero attached hydrogens (tertiary/aromatic N) is 2. The second-order valence-electron chi connectivity index (χ2n) is 8.36. The molecule has 182 valence electrons. The van der Waals surface area contributed by atoms with Crippen molar-refractivity contribution < 1.29 is 23.9 Å². The van der Waals surface area contributed by atoms with Crippen LogP contribution in [-0.2, 0) is 0 Å². The molecule has 1 aliphatic heterocycles. The summed E-state index contributed by atoms with van der Waals surface area (Å²) in [6.45, 7) is 0.354. The number of halogens is 1. The quantitative estimate of drug-likeness (QED) is 0.583. The molecule has 2 heterocycles. The number of aromatic nitrogens is 1. The van der Waals surface area contributed by atoms with Gasteiger partial charge in [0.05, 0.1) is 23.2 Å². The molecule has 1 aromatic carbocycles. The van der Waals surface area contributed by atoms with Crippen LogP contribution in [0.1, 0.15) is 36.0 Å². The Balaban J connectivity index is 1.41. The maximum absolute atomic E-state index is 13.1. The molecule has 1 aromatic heterocycles. The first kappa shape index (κ1) is 23.5. The maximum atomic E-state index is 13.1. The Hall–Kier alpha value is -3.24. The van der Waals surface area contributed by atoms with Crippen LogP contribution in [0.3, 0.4) is 0 Å². The first-order chi connectivity index (χ1) is 16.9. The number of fused-ring (bicyclic) bond motifs is 1. The Morgan fingerprint density at radius 1 is 1.23 bits per heavy atom. The van der Waals surface area contributed by atoms with E-state index in [0.29, 0.717) is 64.0 Å². The van der Waals surface area contributed by atoms with E-state index in [-0.39, 0.29) is 22.9 Å². The molecule has 0 bridgehead atoms. The van der Waals surface area contributed by atoms with Crippen LogP contribution in [0.25, 0.3) is 10.9 Å². The van der Waals surface area contributed by atoms with Crippen LogP contribution in [-0.4, -0.2) is 52.5 Å². The fourth-order valence-electron chi connectivity index (χ4n) is 3.89. The summed E-state index contributed by atoms with van der Waals surface area (Å²) < 4.78 is 11.6. The molecule has 35 heavy (non-hydrogen) atoms. The van der Waals surface area contributed by atoms with Crippen LogP contribution in [0.5, 0.6) is 11.5 Å². The van der Waals surface area contributed by atoms with Crippen molar-refractivity contribution in [3.8, 4) is 11.5 Å². The van der Waals surface area contributed by atoms with Gasteiger partial charge >= 0.3 is 6.03 Å². The lowest BCUT2D eigenvalue weighted by atomic mass is 10.1. The second-order valence-corrected chi connectivity index (χ2v) is 9.82. The molecule has 5 rings (SSSR count). The summed E-state index contributed by atoms with van der Waals surface area (Å²) in [5.41, 5.74) is 1.48. The summed E-state index contributed by atoms with van der Waals surface area (Å²) in [5, 5.41) is 6.42. The van der Waals surface area contributed by atoms with Crippen molar-refractivity contribution in [2.75, 3.05) is 19.4 Å². The number of amides is 4. The molecular formula is C24H23ClN4O5S. The predicted molar refractivity (Wildman–Crippen MR) is 133 cm³/mol. The van der Waals surface area contributed by atoms with Crippen LogP contribution < -0.4 is 20.1 Å². The molecule has 2 aliphatic carbocycles. The minimum Gasteiger partial charge on any atom is -0.496 e. The number of thioether (sulfide) groups is 1. The zero-order valence-corrected chi connectivity index (χ0v) is 20.5.